The van der Waals surface area contributed by atoms with Gasteiger partial charge in [-0.3, -0.25) is 4.79 Å². The highest BCUT2D eigenvalue weighted by Crippen LogP contribution is 2.19. The number of carbonyl (C=O) groups is 1. The molecule has 4 nitrogen and oxygen atoms in total. The number of anilines is 3. The van der Waals surface area contributed by atoms with Crippen LogP contribution in [0.25, 0.3) is 0 Å². The van der Waals surface area contributed by atoms with Crippen molar-refractivity contribution in [1.82, 2.24) is 4.98 Å². The van der Waals surface area contributed by atoms with Crippen LogP contribution in [0.15, 0.2) is 36.5 Å². The number of aromatic nitrogens is 1. The lowest BCUT2D eigenvalue weighted by Crippen LogP contribution is -2.07. The molecule has 1 aromatic heterocycles. The number of benzene rings is 1. The van der Waals surface area contributed by atoms with Crippen molar-refractivity contribution in [2.24, 2.45) is 0 Å². The summed E-state index contributed by atoms with van der Waals surface area (Å²) in [6.45, 7) is 5.59. The number of hydrogen-bond acceptors (Lipinski definition) is 3. The molecular weight excluding hydrogens is 238 g/mol. The summed E-state index contributed by atoms with van der Waals surface area (Å²) in [6, 6.07) is 9.94. The third kappa shape index (κ3) is 3.81. The van der Waals surface area contributed by atoms with Crippen LogP contribution in [0, 0.1) is 13.8 Å². The van der Waals surface area contributed by atoms with Crippen molar-refractivity contribution in [3.05, 3.63) is 47.7 Å². The Bertz CT molecular complexity index is 571. The molecule has 1 aromatic carbocycles. The molecule has 1 heterocycles. The minimum absolute atomic E-state index is 0.123. The van der Waals surface area contributed by atoms with E-state index in [0.29, 0.717) is 5.82 Å². The maximum atomic E-state index is 10.9. The fourth-order valence-corrected chi connectivity index (χ4v) is 1.94. The van der Waals surface area contributed by atoms with Gasteiger partial charge in [-0.05, 0) is 49.2 Å². The molecule has 1 amide bonds. The Morgan fingerprint density at radius 1 is 1.05 bits per heavy atom. The van der Waals surface area contributed by atoms with Gasteiger partial charge >= 0.3 is 0 Å². The Hall–Kier alpha value is -2.36. The maximum absolute atomic E-state index is 10.9. The molecule has 4 heteroatoms. The van der Waals surface area contributed by atoms with Gasteiger partial charge in [0.2, 0.25) is 5.91 Å². The topological polar surface area (TPSA) is 54.0 Å². The molecule has 0 saturated heterocycles. The summed E-state index contributed by atoms with van der Waals surface area (Å²) in [4.78, 5) is 15.1. The van der Waals surface area contributed by atoms with Crippen LogP contribution in [-0.2, 0) is 4.79 Å². The van der Waals surface area contributed by atoms with E-state index in [-0.39, 0.29) is 5.91 Å². The van der Waals surface area contributed by atoms with E-state index < -0.39 is 0 Å². The van der Waals surface area contributed by atoms with Crippen molar-refractivity contribution in [3.63, 3.8) is 0 Å². The van der Waals surface area contributed by atoms with Gasteiger partial charge in [0.05, 0.1) is 11.9 Å². The van der Waals surface area contributed by atoms with Crippen molar-refractivity contribution < 1.29 is 4.79 Å². The number of amides is 1. The monoisotopic (exact) mass is 255 g/mol. The van der Waals surface area contributed by atoms with Gasteiger partial charge in [-0.2, -0.15) is 0 Å². The highest BCUT2D eigenvalue weighted by atomic mass is 16.1. The predicted molar refractivity (Wildman–Crippen MR) is 77.7 cm³/mol. The van der Waals surface area contributed by atoms with Crippen LogP contribution in [0.3, 0.4) is 0 Å². The third-order valence-corrected chi connectivity index (χ3v) is 2.58. The zero-order chi connectivity index (χ0) is 13.8. The fraction of sp³-hybridized carbons (Fsp3) is 0.200. The summed E-state index contributed by atoms with van der Waals surface area (Å²) >= 11 is 0. The average molecular weight is 255 g/mol. The van der Waals surface area contributed by atoms with E-state index in [1.54, 1.807) is 12.3 Å². The average Bonchev–Trinajstić information content (AvgIpc) is 2.29. The number of nitrogens with zero attached hydrogens (tertiary/aromatic N) is 1. The van der Waals surface area contributed by atoms with Gasteiger partial charge in [0.25, 0.3) is 0 Å². The quantitative estimate of drug-likeness (QED) is 0.883. The third-order valence-electron chi connectivity index (χ3n) is 2.58. The molecule has 2 rings (SSSR count). The lowest BCUT2D eigenvalue weighted by Gasteiger charge is -2.09. The van der Waals surface area contributed by atoms with Crippen LogP contribution < -0.4 is 10.6 Å². The van der Waals surface area contributed by atoms with Crippen LogP contribution in [0.5, 0.6) is 0 Å². The molecule has 2 aromatic rings. The zero-order valence-corrected chi connectivity index (χ0v) is 11.3. The first-order valence-electron chi connectivity index (χ1n) is 6.12. The Labute approximate surface area is 112 Å². The second-order valence-corrected chi connectivity index (χ2v) is 4.61. The van der Waals surface area contributed by atoms with E-state index in [1.807, 2.05) is 6.07 Å². The van der Waals surface area contributed by atoms with Crippen molar-refractivity contribution in [2.75, 3.05) is 10.6 Å². The van der Waals surface area contributed by atoms with Gasteiger partial charge in [-0.1, -0.05) is 6.07 Å². The second kappa shape index (κ2) is 5.52. The van der Waals surface area contributed by atoms with E-state index in [0.717, 1.165) is 11.4 Å². The van der Waals surface area contributed by atoms with E-state index in [9.17, 15) is 4.79 Å². The number of rotatable bonds is 3. The lowest BCUT2D eigenvalue weighted by molar-refractivity contribution is -0.114. The molecule has 0 aliphatic heterocycles. The van der Waals surface area contributed by atoms with Crippen LogP contribution >= 0.6 is 0 Å². The lowest BCUT2D eigenvalue weighted by atomic mass is 10.1. The molecule has 0 saturated carbocycles. The van der Waals surface area contributed by atoms with Crippen LogP contribution in [0.2, 0.25) is 0 Å². The first-order chi connectivity index (χ1) is 9.02. The maximum Gasteiger partial charge on any atom is 0.222 e. The first kappa shape index (κ1) is 13.1. The minimum Gasteiger partial charge on any atom is -0.354 e. The smallest absolute Gasteiger partial charge is 0.222 e. The van der Waals surface area contributed by atoms with Gasteiger partial charge in [-0.15, -0.1) is 0 Å². The molecule has 0 unspecified atom stereocenters. The molecule has 0 spiro atoms. The van der Waals surface area contributed by atoms with E-state index >= 15 is 0 Å². The van der Waals surface area contributed by atoms with Crippen molar-refractivity contribution in [2.45, 2.75) is 20.8 Å². The summed E-state index contributed by atoms with van der Waals surface area (Å²) in [5, 5.41) is 5.93. The fourth-order valence-electron chi connectivity index (χ4n) is 1.94. The first-order valence-corrected chi connectivity index (χ1v) is 6.12. The minimum atomic E-state index is -0.123. The van der Waals surface area contributed by atoms with Crippen LogP contribution in [0.4, 0.5) is 17.2 Å². The van der Waals surface area contributed by atoms with Crippen molar-refractivity contribution in [1.29, 1.82) is 0 Å². The SMILES string of the molecule is CC(=O)Nc1ccc(Nc2cc(C)cc(C)c2)cn1. The highest BCUT2D eigenvalue weighted by molar-refractivity contribution is 5.87. The van der Waals surface area contributed by atoms with E-state index in [1.165, 1.54) is 18.1 Å². The van der Waals surface area contributed by atoms with E-state index in [2.05, 4.69) is 47.7 Å². The highest BCUT2D eigenvalue weighted by Gasteiger charge is 2.00. The Morgan fingerprint density at radius 3 is 2.26 bits per heavy atom. The summed E-state index contributed by atoms with van der Waals surface area (Å²) in [7, 11) is 0. The summed E-state index contributed by atoms with van der Waals surface area (Å²) in [6.07, 6.45) is 1.70. The van der Waals surface area contributed by atoms with Crippen molar-refractivity contribution in [3.8, 4) is 0 Å². The Balaban J connectivity index is 2.12. The van der Waals surface area contributed by atoms with Gasteiger partial charge in [0, 0.05) is 12.6 Å². The normalized spacial score (nSPS) is 10.1. The number of aryl methyl sites for hydroxylation is 2. The number of hydrogen-bond donors (Lipinski definition) is 2. The molecule has 0 atom stereocenters. The molecule has 0 radical (unpaired) electrons. The molecule has 2 N–H and O–H groups in total. The number of carbonyl (C=O) groups excluding carboxylic acids is 1. The number of nitrogens with one attached hydrogen (secondary N) is 2. The van der Waals surface area contributed by atoms with Gasteiger partial charge < -0.3 is 10.6 Å². The van der Waals surface area contributed by atoms with Gasteiger partial charge in [-0.25, -0.2) is 4.98 Å². The van der Waals surface area contributed by atoms with Crippen LogP contribution in [-0.4, -0.2) is 10.9 Å². The summed E-state index contributed by atoms with van der Waals surface area (Å²) < 4.78 is 0. The summed E-state index contributed by atoms with van der Waals surface area (Å²) in [5.41, 5.74) is 4.35. The van der Waals surface area contributed by atoms with Crippen molar-refractivity contribution >= 4 is 23.1 Å². The van der Waals surface area contributed by atoms with Crippen LogP contribution in [0.1, 0.15) is 18.1 Å². The predicted octanol–water partition coefficient (Wildman–Crippen LogP) is 3.40. The standard InChI is InChI=1S/C15H17N3O/c1-10-6-11(2)8-14(7-10)18-13-4-5-15(16-9-13)17-12(3)19/h4-9,18H,1-3H3,(H,16,17,19). The second-order valence-electron chi connectivity index (χ2n) is 4.61. The molecule has 98 valence electrons. The Kier molecular flexibility index (Phi) is 3.80. The molecule has 19 heavy (non-hydrogen) atoms. The zero-order valence-electron chi connectivity index (χ0n) is 11.3. The largest absolute Gasteiger partial charge is 0.354 e. The van der Waals surface area contributed by atoms with Gasteiger partial charge in [0.1, 0.15) is 5.82 Å². The van der Waals surface area contributed by atoms with Gasteiger partial charge in [0.15, 0.2) is 0 Å². The molecule has 0 fully saturated rings. The van der Waals surface area contributed by atoms with E-state index in [4.69, 9.17) is 0 Å². The molecule has 0 bridgehead atoms. The Morgan fingerprint density at radius 2 is 1.74 bits per heavy atom. The number of pyridine rings is 1. The summed E-state index contributed by atoms with van der Waals surface area (Å²) in [5.74, 6) is 0.431. The molecule has 0 aliphatic rings. The molecular formula is C15H17N3O. The molecule has 0 aliphatic carbocycles.